The first-order valence-corrected chi connectivity index (χ1v) is 23.2. The standard InChI is InChI=1S/C44H61F2N9O10S/c45-34-10-6-11-35(46)41(34)65-29-38(56)36(12-3-4-15-47)50-42(59)30-7-5-8-32(25-30)55-28-31(53-54-55)27-49-40(58)14-17-61-19-21-63-23-24-64-22-20-62-18-16-48-39(57)13-2-1-9-33-26-37-43(66-33)52-44(60)51-37/h5-8,10-11,25,28,33,36-37,43H,1-4,9,12-24,26-27,29,47H2,(H,48,57)(H,49,58)(H,50,59)(H2,51,52,60)/t33-,36?,37-,43+/m0/s1. The molecule has 1 unspecified atom stereocenters. The Balaban J connectivity index is 0.847. The van der Waals surface area contributed by atoms with Crippen molar-refractivity contribution in [2.75, 3.05) is 72.6 Å². The van der Waals surface area contributed by atoms with Gasteiger partial charge < -0.3 is 56.0 Å². The second kappa shape index (κ2) is 28.7. The fraction of sp³-hybridized carbons (Fsp3) is 0.568. The highest BCUT2D eigenvalue weighted by Gasteiger charge is 2.40. The first-order valence-electron chi connectivity index (χ1n) is 22.3. The van der Waals surface area contributed by atoms with E-state index in [9.17, 15) is 32.8 Å². The number of hydrogen-bond acceptors (Lipinski definition) is 14. The lowest BCUT2D eigenvalue weighted by Gasteiger charge is -2.18. The predicted molar refractivity (Wildman–Crippen MR) is 239 cm³/mol. The van der Waals surface area contributed by atoms with Crippen LogP contribution >= 0.6 is 11.8 Å². The largest absolute Gasteiger partial charge is 0.480 e. The second-order valence-corrected chi connectivity index (χ2v) is 17.0. The molecule has 0 saturated carbocycles. The molecule has 5 rings (SSSR count). The van der Waals surface area contributed by atoms with Crippen LogP contribution in [0.25, 0.3) is 5.69 Å². The number of halogens is 2. The van der Waals surface area contributed by atoms with Gasteiger partial charge in [0.2, 0.25) is 11.8 Å². The van der Waals surface area contributed by atoms with Crippen LogP contribution in [0.1, 0.15) is 73.8 Å². The van der Waals surface area contributed by atoms with E-state index >= 15 is 0 Å². The molecule has 0 radical (unpaired) electrons. The zero-order chi connectivity index (χ0) is 46.9. The number of nitrogens with zero attached hydrogens (tertiary/aromatic N) is 3. The number of rotatable bonds is 33. The molecule has 4 atom stereocenters. The number of hydrogen-bond donors (Lipinski definition) is 6. The fourth-order valence-corrected chi connectivity index (χ4v) is 8.56. The number of ether oxygens (including phenoxy) is 5. The fourth-order valence-electron chi connectivity index (χ4n) is 6.98. The number of carbonyl (C=O) groups excluding carboxylic acids is 5. The van der Waals surface area contributed by atoms with Gasteiger partial charge in [0, 0.05) is 30.2 Å². The summed E-state index contributed by atoms with van der Waals surface area (Å²) in [7, 11) is 0. The van der Waals surface area contributed by atoms with Gasteiger partial charge in [-0.15, -0.1) is 16.9 Å². The molecule has 2 aliphatic rings. The molecule has 3 heterocycles. The lowest BCUT2D eigenvalue weighted by Crippen LogP contribution is -2.43. The van der Waals surface area contributed by atoms with Crippen LogP contribution in [0.15, 0.2) is 48.7 Å². The van der Waals surface area contributed by atoms with Crippen LogP contribution in [-0.2, 0) is 39.9 Å². The number of nitrogens with two attached hydrogens (primary N) is 1. The van der Waals surface area contributed by atoms with Gasteiger partial charge in [-0.1, -0.05) is 23.8 Å². The normalized spacial score (nSPS) is 16.8. The van der Waals surface area contributed by atoms with E-state index in [4.69, 9.17) is 29.4 Å². The molecule has 0 aliphatic carbocycles. The summed E-state index contributed by atoms with van der Waals surface area (Å²) < 4.78 is 56.7. The van der Waals surface area contributed by atoms with Crippen molar-refractivity contribution < 1.29 is 56.4 Å². The van der Waals surface area contributed by atoms with Gasteiger partial charge in [0.05, 0.1) is 88.7 Å². The highest BCUT2D eigenvalue weighted by molar-refractivity contribution is 8.00. The minimum Gasteiger partial charge on any atom is -0.480 e. The minimum absolute atomic E-state index is 0.0181. The van der Waals surface area contributed by atoms with Crippen molar-refractivity contribution in [1.29, 1.82) is 0 Å². The number of nitrogens with one attached hydrogen (secondary N) is 5. The molecule has 19 nitrogen and oxygen atoms in total. The number of Topliss-reactive ketones (excluding diaryl/α,β-unsaturated/α-hetero) is 1. The van der Waals surface area contributed by atoms with Gasteiger partial charge in [-0.25, -0.2) is 18.3 Å². The van der Waals surface area contributed by atoms with Gasteiger partial charge in [-0.3, -0.25) is 19.2 Å². The molecule has 2 fully saturated rings. The molecule has 362 valence electrons. The molecule has 5 amide bonds. The summed E-state index contributed by atoms with van der Waals surface area (Å²) in [5, 5.41) is 23.1. The van der Waals surface area contributed by atoms with Gasteiger partial charge in [0.1, 0.15) is 12.3 Å². The summed E-state index contributed by atoms with van der Waals surface area (Å²) in [5.74, 6) is -3.90. The Morgan fingerprint density at radius 2 is 1.55 bits per heavy atom. The van der Waals surface area contributed by atoms with Crippen LogP contribution in [-0.4, -0.2) is 140 Å². The van der Waals surface area contributed by atoms with Gasteiger partial charge in [-0.2, -0.15) is 0 Å². The van der Waals surface area contributed by atoms with E-state index in [0.29, 0.717) is 95.2 Å². The van der Waals surface area contributed by atoms with E-state index in [0.717, 1.165) is 37.8 Å². The maximum absolute atomic E-state index is 14.0. The number of thioether (sulfide) groups is 1. The van der Waals surface area contributed by atoms with E-state index in [-0.39, 0.29) is 60.8 Å². The molecule has 3 aromatic rings. The summed E-state index contributed by atoms with van der Waals surface area (Å²) in [6, 6.07) is 8.82. The molecule has 66 heavy (non-hydrogen) atoms. The van der Waals surface area contributed by atoms with E-state index in [2.05, 4.69) is 36.9 Å². The first-order chi connectivity index (χ1) is 32.1. The predicted octanol–water partition coefficient (Wildman–Crippen LogP) is 2.68. The third-order valence-corrected chi connectivity index (χ3v) is 12.0. The number of urea groups is 1. The van der Waals surface area contributed by atoms with Crippen molar-refractivity contribution in [2.45, 2.75) is 87.0 Å². The van der Waals surface area contributed by atoms with Crippen LogP contribution in [0.4, 0.5) is 13.6 Å². The number of carbonyl (C=O) groups is 5. The number of fused-ring (bicyclic) bond motifs is 1. The Morgan fingerprint density at radius 3 is 2.27 bits per heavy atom. The average Bonchev–Trinajstić information content (AvgIpc) is 4.03. The third-order valence-electron chi connectivity index (χ3n) is 10.4. The van der Waals surface area contributed by atoms with Gasteiger partial charge in [0.25, 0.3) is 5.91 Å². The lowest BCUT2D eigenvalue weighted by molar-refractivity contribution is -0.123. The molecule has 22 heteroatoms. The summed E-state index contributed by atoms with van der Waals surface area (Å²) in [4.78, 5) is 62.1. The lowest BCUT2D eigenvalue weighted by atomic mass is 10.0. The number of unbranched alkanes of at least 4 members (excludes halogenated alkanes) is 2. The number of aromatic nitrogens is 3. The SMILES string of the molecule is NCCCCC(NC(=O)c1cccc(-n2cc(CNC(=O)CCOCCOCCOCCOCCNC(=O)CCCC[C@H]3C[C@@H]4NC(=O)N[C@@H]4S3)nn2)c1)C(=O)COc1c(F)cccc1F. The summed E-state index contributed by atoms with van der Waals surface area (Å²) in [6.07, 6.45) is 7.42. The molecule has 0 spiro atoms. The first kappa shape index (κ1) is 51.7. The Kier molecular flexibility index (Phi) is 22.5. The average molecular weight is 946 g/mol. The maximum atomic E-state index is 14.0. The van der Waals surface area contributed by atoms with Crippen molar-refractivity contribution in [1.82, 2.24) is 41.6 Å². The van der Waals surface area contributed by atoms with Crippen molar-refractivity contribution in [3.8, 4) is 11.4 Å². The van der Waals surface area contributed by atoms with E-state index in [1.165, 1.54) is 10.7 Å². The van der Waals surface area contributed by atoms with Gasteiger partial charge in [-0.05, 0) is 75.4 Å². The van der Waals surface area contributed by atoms with Crippen molar-refractivity contribution in [3.05, 3.63) is 71.6 Å². The number of benzene rings is 2. The monoisotopic (exact) mass is 945 g/mol. The molecule has 2 saturated heterocycles. The Labute approximate surface area is 386 Å². The Bertz CT molecular complexity index is 1980. The van der Waals surface area contributed by atoms with E-state index in [1.807, 2.05) is 11.8 Å². The Hall–Kier alpha value is -5.26. The van der Waals surface area contributed by atoms with Crippen LogP contribution in [0.5, 0.6) is 5.75 Å². The Morgan fingerprint density at radius 1 is 0.848 bits per heavy atom. The van der Waals surface area contributed by atoms with Crippen LogP contribution < -0.4 is 37.1 Å². The molecule has 2 aliphatic heterocycles. The molecular weight excluding hydrogens is 885 g/mol. The van der Waals surface area contributed by atoms with E-state index < -0.39 is 41.7 Å². The molecule has 2 aromatic carbocycles. The molecular formula is C44H61F2N9O10S. The van der Waals surface area contributed by atoms with Crippen molar-refractivity contribution in [3.63, 3.8) is 0 Å². The zero-order valence-electron chi connectivity index (χ0n) is 36.9. The number of para-hydroxylation sites is 1. The topological polar surface area (TPSA) is 248 Å². The summed E-state index contributed by atoms with van der Waals surface area (Å²) in [5.41, 5.74) is 6.80. The van der Waals surface area contributed by atoms with Gasteiger partial charge in [0.15, 0.2) is 23.2 Å². The van der Waals surface area contributed by atoms with Crippen molar-refractivity contribution >= 4 is 41.3 Å². The zero-order valence-corrected chi connectivity index (χ0v) is 37.8. The van der Waals surface area contributed by atoms with Crippen LogP contribution in [0.3, 0.4) is 0 Å². The quantitative estimate of drug-likeness (QED) is 0.0481. The highest BCUT2D eigenvalue weighted by atomic mass is 32.2. The molecule has 7 N–H and O–H groups in total. The second-order valence-electron chi connectivity index (χ2n) is 15.5. The molecule has 1 aromatic heterocycles. The molecule has 0 bridgehead atoms. The summed E-state index contributed by atoms with van der Waals surface area (Å²) in [6.45, 7) is 3.11. The van der Waals surface area contributed by atoms with Crippen LogP contribution in [0.2, 0.25) is 0 Å². The smallest absolute Gasteiger partial charge is 0.316 e. The van der Waals surface area contributed by atoms with Crippen molar-refractivity contribution in [2.24, 2.45) is 5.73 Å². The minimum atomic E-state index is -0.993. The van der Waals surface area contributed by atoms with E-state index in [1.54, 1.807) is 30.5 Å². The highest BCUT2D eigenvalue weighted by Crippen LogP contribution is 2.37. The maximum Gasteiger partial charge on any atom is 0.316 e. The third kappa shape index (κ3) is 18.2. The number of amides is 5. The summed E-state index contributed by atoms with van der Waals surface area (Å²) >= 11 is 1.81. The van der Waals surface area contributed by atoms with Crippen LogP contribution in [0, 0.1) is 11.6 Å². The van der Waals surface area contributed by atoms with Gasteiger partial charge >= 0.3 is 6.03 Å². The number of ketones is 1.